The first kappa shape index (κ1) is 31.1. The Bertz CT molecular complexity index is 3480. The van der Waals surface area contributed by atoms with Gasteiger partial charge in [-0.05, 0) is 110 Å². The molecule has 0 fully saturated rings. The van der Waals surface area contributed by atoms with E-state index >= 15 is 0 Å². The van der Waals surface area contributed by atoms with Gasteiger partial charge < -0.3 is 0 Å². The molecule has 0 radical (unpaired) electrons. The second-order valence-electron chi connectivity index (χ2n) is 15.2. The zero-order valence-corrected chi connectivity index (χ0v) is 31.5. The van der Waals surface area contributed by atoms with Gasteiger partial charge in [-0.2, -0.15) is 0 Å². The van der Waals surface area contributed by atoms with Crippen LogP contribution in [0.25, 0.3) is 92.4 Å². The molecule has 264 valence electrons. The van der Waals surface area contributed by atoms with E-state index in [1.54, 1.807) is 0 Å². The molecule has 1 spiro atoms. The van der Waals surface area contributed by atoms with Crippen molar-refractivity contribution in [3.05, 3.63) is 211 Å². The van der Waals surface area contributed by atoms with Crippen molar-refractivity contribution in [2.45, 2.75) is 5.41 Å². The van der Waals surface area contributed by atoms with Gasteiger partial charge in [-0.25, -0.2) is 9.97 Å². The van der Waals surface area contributed by atoms with Crippen LogP contribution in [0.4, 0.5) is 0 Å². The van der Waals surface area contributed by atoms with Crippen LogP contribution in [0.3, 0.4) is 0 Å². The topological polar surface area (TPSA) is 30.7 Å². The van der Waals surface area contributed by atoms with Gasteiger partial charge in [0.05, 0.1) is 10.9 Å². The van der Waals surface area contributed by atoms with Crippen LogP contribution in [0, 0.1) is 0 Å². The van der Waals surface area contributed by atoms with Gasteiger partial charge >= 0.3 is 0 Å². The number of benzene rings is 7. The Balaban J connectivity index is 1.15. The highest BCUT2D eigenvalue weighted by molar-refractivity contribution is 7.26. The Hall–Kier alpha value is -7.14. The predicted molar refractivity (Wildman–Crippen MR) is 236 cm³/mol. The summed E-state index contributed by atoms with van der Waals surface area (Å²) < 4.78 is 4.86. The van der Waals surface area contributed by atoms with E-state index in [0.717, 1.165) is 27.8 Å². The monoisotopic (exact) mass is 741 g/mol. The number of fused-ring (bicyclic) bond motifs is 19. The number of hydrogen-bond donors (Lipinski definition) is 0. The number of pyridine rings is 2. The normalized spacial score (nSPS) is 15.1. The summed E-state index contributed by atoms with van der Waals surface area (Å²) in [5.41, 5.74) is 16.8. The molecule has 3 nitrogen and oxygen atoms in total. The van der Waals surface area contributed by atoms with E-state index in [1.165, 1.54) is 86.9 Å². The molecular weight excluding hydrogens is 711 g/mol. The number of aromatic nitrogens is 3. The maximum absolute atomic E-state index is 4.86. The van der Waals surface area contributed by atoms with Gasteiger partial charge in [0.1, 0.15) is 11.5 Å². The average molecular weight is 742 g/mol. The first-order chi connectivity index (χ1) is 28.3. The first-order valence-corrected chi connectivity index (χ1v) is 20.3. The summed E-state index contributed by atoms with van der Waals surface area (Å²) in [5.74, 6) is 0.861. The predicted octanol–water partition coefficient (Wildman–Crippen LogP) is 13.6. The third-order valence-electron chi connectivity index (χ3n) is 12.6. The molecule has 0 amide bonds. The zero-order chi connectivity index (χ0) is 37.2. The van der Waals surface area contributed by atoms with Gasteiger partial charge in [-0.3, -0.25) is 4.57 Å². The second kappa shape index (κ2) is 11.5. The standard InChI is InChI=1S/C53H31N3S/c1-2-13-35-34(12-1)36-14-3-6-18-43(36)53(44-19-7-4-16-41(44)50-45(53)26-25-39-38-15-5-8-20-48(38)57-51(39)50)46-31-33(22-24-37(35)46)32-23-27-47-42(30-32)40-17-11-29-55-52(40)56(47)49-21-9-10-28-54-49/h1-31H. The number of nitrogens with zero attached hydrogens (tertiary/aromatic N) is 3. The van der Waals surface area contributed by atoms with Gasteiger partial charge in [0, 0.05) is 48.9 Å². The summed E-state index contributed by atoms with van der Waals surface area (Å²) in [7, 11) is 0. The van der Waals surface area contributed by atoms with Crippen LogP contribution in [0.2, 0.25) is 0 Å². The lowest BCUT2D eigenvalue weighted by Gasteiger charge is -2.35. The van der Waals surface area contributed by atoms with Crippen LogP contribution in [-0.4, -0.2) is 14.5 Å². The molecule has 1 unspecified atom stereocenters. The highest BCUT2D eigenvalue weighted by Crippen LogP contribution is 2.63. The lowest BCUT2D eigenvalue weighted by molar-refractivity contribution is 0.776. The molecule has 4 heterocycles. The minimum atomic E-state index is -0.569. The minimum absolute atomic E-state index is 0.569. The quantitative estimate of drug-likeness (QED) is 0.177. The summed E-state index contributed by atoms with van der Waals surface area (Å²) >= 11 is 1.92. The Labute approximate surface area is 332 Å². The third-order valence-corrected chi connectivity index (χ3v) is 13.8. The number of hydrogen-bond acceptors (Lipinski definition) is 3. The molecule has 2 aliphatic carbocycles. The fourth-order valence-corrected chi connectivity index (χ4v) is 11.5. The van der Waals surface area contributed by atoms with Crippen LogP contribution >= 0.6 is 11.3 Å². The lowest BCUT2D eigenvalue weighted by atomic mass is 9.65. The third kappa shape index (κ3) is 4.05. The molecule has 0 aliphatic heterocycles. The largest absolute Gasteiger partial charge is 0.278 e. The summed E-state index contributed by atoms with van der Waals surface area (Å²) in [6, 6.07) is 65.4. The Morgan fingerprint density at radius 2 is 1.09 bits per heavy atom. The van der Waals surface area contributed by atoms with Gasteiger partial charge in [0.2, 0.25) is 0 Å². The van der Waals surface area contributed by atoms with E-state index in [4.69, 9.17) is 9.97 Å². The minimum Gasteiger partial charge on any atom is -0.278 e. The second-order valence-corrected chi connectivity index (χ2v) is 16.3. The highest BCUT2D eigenvalue weighted by Gasteiger charge is 2.50. The lowest BCUT2D eigenvalue weighted by Crippen LogP contribution is -2.29. The van der Waals surface area contributed by atoms with Gasteiger partial charge in [-0.15, -0.1) is 11.3 Å². The van der Waals surface area contributed by atoms with Crippen LogP contribution in [0.15, 0.2) is 188 Å². The van der Waals surface area contributed by atoms with Crippen molar-refractivity contribution in [1.82, 2.24) is 14.5 Å². The molecule has 4 heteroatoms. The molecule has 0 saturated heterocycles. The van der Waals surface area contributed by atoms with Crippen molar-refractivity contribution in [2.75, 3.05) is 0 Å². The van der Waals surface area contributed by atoms with Crippen LogP contribution in [0.1, 0.15) is 22.3 Å². The number of rotatable bonds is 2. The van der Waals surface area contributed by atoms with Crippen molar-refractivity contribution >= 4 is 53.4 Å². The van der Waals surface area contributed by atoms with Gasteiger partial charge in [0.25, 0.3) is 0 Å². The Morgan fingerprint density at radius 3 is 1.93 bits per heavy atom. The van der Waals surface area contributed by atoms with E-state index in [9.17, 15) is 0 Å². The molecule has 0 saturated carbocycles. The molecule has 2 aliphatic rings. The summed E-state index contributed by atoms with van der Waals surface area (Å²) in [6.07, 6.45) is 3.71. The molecule has 7 aromatic carbocycles. The summed E-state index contributed by atoms with van der Waals surface area (Å²) in [4.78, 5) is 9.59. The van der Waals surface area contributed by atoms with Crippen LogP contribution in [-0.2, 0) is 5.41 Å². The SMILES string of the molecule is c1ccc(-n2c3ccc(-c4ccc5c(c4)C4(c6ccccc6-c6ccccc6-5)c5ccccc5-c5c4ccc4c5sc5ccccc54)cc3c3cccnc32)nc1. The molecule has 13 rings (SSSR count). The molecule has 0 bridgehead atoms. The smallest absolute Gasteiger partial charge is 0.146 e. The van der Waals surface area contributed by atoms with Gasteiger partial charge in [-0.1, -0.05) is 127 Å². The van der Waals surface area contributed by atoms with Crippen molar-refractivity contribution in [1.29, 1.82) is 0 Å². The molecular formula is C53H31N3S. The van der Waals surface area contributed by atoms with Crippen LogP contribution in [0.5, 0.6) is 0 Å². The molecule has 11 aromatic rings. The van der Waals surface area contributed by atoms with Crippen molar-refractivity contribution < 1.29 is 0 Å². The fraction of sp³-hybridized carbons (Fsp3) is 0.0189. The molecule has 1 atom stereocenters. The fourth-order valence-electron chi connectivity index (χ4n) is 10.3. The van der Waals surface area contributed by atoms with Gasteiger partial charge in [0.15, 0.2) is 0 Å². The molecule has 0 N–H and O–H groups in total. The Kier molecular flexibility index (Phi) is 6.25. The summed E-state index contributed by atoms with van der Waals surface area (Å²) in [6.45, 7) is 0. The van der Waals surface area contributed by atoms with Crippen molar-refractivity contribution in [3.63, 3.8) is 0 Å². The Morgan fingerprint density at radius 1 is 0.421 bits per heavy atom. The first-order valence-electron chi connectivity index (χ1n) is 19.5. The van der Waals surface area contributed by atoms with Crippen molar-refractivity contribution in [2.24, 2.45) is 0 Å². The zero-order valence-electron chi connectivity index (χ0n) is 30.6. The number of thiophene rings is 1. The average Bonchev–Trinajstić information content (AvgIpc) is 3.90. The van der Waals surface area contributed by atoms with E-state index in [1.807, 2.05) is 48.0 Å². The highest BCUT2D eigenvalue weighted by atomic mass is 32.1. The maximum atomic E-state index is 4.86. The van der Waals surface area contributed by atoms with Crippen molar-refractivity contribution in [3.8, 4) is 50.3 Å². The van der Waals surface area contributed by atoms with E-state index in [0.29, 0.717) is 0 Å². The molecule has 4 aromatic heterocycles. The maximum Gasteiger partial charge on any atom is 0.146 e. The van der Waals surface area contributed by atoms with E-state index in [2.05, 4.69) is 156 Å². The molecule has 57 heavy (non-hydrogen) atoms. The van der Waals surface area contributed by atoms with Crippen LogP contribution < -0.4 is 0 Å². The van der Waals surface area contributed by atoms with E-state index in [-0.39, 0.29) is 0 Å². The van der Waals surface area contributed by atoms with E-state index < -0.39 is 5.41 Å². The summed E-state index contributed by atoms with van der Waals surface area (Å²) in [5, 5.41) is 4.92.